The Kier molecular flexibility index (Phi) is 10.7. The Morgan fingerprint density at radius 3 is 2.24 bits per heavy atom. The number of nitrogens with zero attached hydrogens (tertiary/aromatic N) is 2. The highest BCUT2D eigenvalue weighted by Gasteiger charge is 2.34. The van der Waals surface area contributed by atoms with E-state index < -0.39 is 28.5 Å². The zero-order chi connectivity index (χ0) is 29.6. The number of nitrogens with one attached hydrogen (secondary N) is 1. The average Bonchev–Trinajstić information content (AvgIpc) is 3.43. The topological polar surface area (TPSA) is 86.8 Å². The number of anilines is 1. The quantitative estimate of drug-likeness (QED) is 0.261. The molecule has 1 aliphatic carbocycles. The van der Waals surface area contributed by atoms with E-state index in [0.29, 0.717) is 5.02 Å². The fourth-order valence-corrected chi connectivity index (χ4v) is 6.67. The van der Waals surface area contributed by atoms with E-state index in [0.717, 1.165) is 51.8 Å². The van der Waals surface area contributed by atoms with E-state index in [-0.39, 0.29) is 35.6 Å². The number of benzene rings is 3. The second kappa shape index (κ2) is 14.1. The molecule has 1 N–H and O–H groups in total. The standard InChI is InChI=1S/C30H32BrCl2N3O4S/c1-41(39,40)36(27-16-15-24(32)18-26(27)33)20-29(37)35(19-22-11-13-23(31)14-12-22)28(17-21-7-3-2-4-8-21)30(38)34-25-9-5-6-10-25/h2-4,7-8,11-16,18,25,28H,5-6,9-10,17,19-20H2,1H3,(H,34,38)/t28-/m1/s1. The van der Waals surface area contributed by atoms with Gasteiger partial charge in [0, 0.05) is 28.5 Å². The van der Waals surface area contributed by atoms with Crippen LogP contribution in [0.1, 0.15) is 36.8 Å². The van der Waals surface area contributed by atoms with Crippen LogP contribution in [-0.2, 0) is 32.6 Å². The molecular formula is C30H32BrCl2N3O4S. The fourth-order valence-electron chi connectivity index (χ4n) is 4.99. The molecule has 4 rings (SSSR count). The second-order valence-electron chi connectivity index (χ2n) is 10.2. The van der Waals surface area contributed by atoms with Crippen molar-refractivity contribution in [3.05, 3.63) is 98.4 Å². The van der Waals surface area contributed by atoms with Crippen molar-refractivity contribution in [1.82, 2.24) is 10.2 Å². The number of hydrogen-bond donors (Lipinski definition) is 1. The van der Waals surface area contributed by atoms with Crippen molar-refractivity contribution in [2.24, 2.45) is 0 Å². The third-order valence-electron chi connectivity index (χ3n) is 7.10. The van der Waals surface area contributed by atoms with Crippen molar-refractivity contribution in [2.45, 2.75) is 50.7 Å². The molecule has 0 saturated heterocycles. The van der Waals surface area contributed by atoms with E-state index in [1.54, 1.807) is 0 Å². The van der Waals surface area contributed by atoms with Crippen molar-refractivity contribution in [1.29, 1.82) is 0 Å². The van der Waals surface area contributed by atoms with Crippen LogP contribution in [0.2, 0.25) is 10.0 Å². The van der Waals surface area contributed by atoms with Crippen molar-refractivity contribution >= 4 is 66.7 Å². The minimum Gasteiger partial charge on any atom is -0.352 e. The summed E-state index contributed by atoms with van der Waals surface area (Å²) in [6, 6.07) is 20.5. The van der Waals surface area contributed by atoms with Crippen LogP contribution < -0.4 is 9.62 Å². The van der Waals surface area contributed by atoms with Crippen LogP contribution in [0.3, 0.4) is 0 Å². The second-order valence-corrected chi connectivity index (χ2v) is 13.9. The average molecular weight is 681 g/mol. The SMILES string of the molecule is CS(=O)(=O)N(CC(=O)N(Cc1ccc(Br)cc1)[C@H](Cc1ccccc1)C(=O)NC1CCCC1)c1ccc(Cl)cc1Cl. The molecule has 11 heteroatoms. The van der Waals surface area contributed by atoms with E-state index in [1.165, 1.54) is 23.1 Å². The first-order valence-electron chi connectivity index (χ1n) is 13.3. The maximum atomic E-state index is 14.2. The maximum absolute atomic E-state index is 14.2. The van der Waals surface area contributed by atoms with Gasteiger partial charge in [0.2, 0.25) is 21.8 Å². The van der Waals surface area contributed by atoms with Crippen LogP contribution in [0, 0.1) is 0 Å². The lowest BCUT2D eigenvalue weighted by Crippen LogP contribution is -2.54. The van der Waals surface area contributed by atoms with Gasteiger partial charge in [0.15, 0.2) is 0 Å². The van der Waals surface area contributed by atoms with Gasteiger partial charge in [0.1, 0.15) is 12.6 Å². The molecule has 0 heterocycles. The molecule has 2 amide bonds. The third kappa shape index (κ3) is 8.70. The van der Waals surface area contributed by atoms with Gasteiger partial charge in [0.05, 0.1) is 17.0 Å². The number of sulfonamides is 1. The Balaban J connectivity index is 1.73. The molecule has 7 nitrogen and oxygen atoms in total. The Morgan fingerprint density at radius 2 is 1.63 bits per heavy atom. The monoisotopic (exact) mass is 679 g/mol. The van der Waals surface area contributed by atoms with Crippen molar-refractivity contribution in [3.8, 4) is 0 Å². The number of amides is 2. The first kappa shape index (κ1) is 31.3. The van der Waals surface area contributed by atoms with Crippen molar-refractivity contribution < 1.29 is 18.0 Å². The van der Waals surface area contributed by atoms with Crippen LogP contribution in [0.15, 0.2) is 77.3 Å². The molecule has 1 saturated carbocycles. The number of rotatable bonds is 11. The highest BCUT2D eigenvalue weighted by Crippen LogP contribution is 2.31. The summed E-state index contributed by atoms with van der Waals surface area (Å²) in [4.78, 5) is 29.5. The van der Waals surface area contributed by atoms with E-state index in [9.17, 15) is 18.0 Å². The van der Waals surface area contributed by atoms with Gasteiger partial charge in [-0.3, -0.25) is 13.9 Å². The lowest BCUT2D eigenvalue weighted by Gasteiger charge is -2.34. The molecule has 0 radical (unpaired) electrons. The summed E-state index contributed by atoms with van der Waals surface area (Å²) in [5.74, 6) is -0.798. The van der Waals surface area contributed by atoms with Gasteiger partial charge >= 0.3 is 0 Å². The zero-order valence-corrected chi connectivity index (χ0v) is 26.5. The highest BCUT2D eigenvalue weighted by atomic mass is 79.9. The lowest BCUT2D eigenvalue weighted by molar-refractivity contribution is -0.140. The van der Waals surface area contributed by atoms with Crippen LogP contribution in [-0.4, -0.2) is 50.0 Å². The van der Waals surface area contributed by atoms with Crippen LogP contribution in [0.5, 0.6) is 0 Å². The van der Waals surface area contributed by atoms with Crippen molar-refractivity contribution in [3.63, 3.8) is 0 Å². The molecule has 0 unspecified atom stereocenters. The number of carbonyl (C=O) groups excluding carboxylic acids is 2. The normalized spacial score (nSPS) is 14.4. The summed E-state index contributed by atoms with van der Waals surface area (Å²) >= 11 is 15.8. The van der Waals surface area contributed by atoms with Gasteiger partial charge in [-0.25, -0.2) is 8.42 Å². The van der Waals surface area contributed by atoms with Gasteiger partial charge in [-0.15, -0.1) is 0 Å². The smallest absolute Gasteiger partial charge is 0.244 e. The molecule has 1 fully saturated rings. The Morgan fingerprint density at radius 1 is 0.976 bits per heavy atom. The minimum atomic E-state index is -3.93. The summed E-state index contributed by atoms with van der Waals surface area (Å²) < 4.78 is 27.7. The third-order valence-corrected chi connectivity index (χ3v) is 9.29. The molecule has 0 bridgehead atoms. The molecule has 3 aromatic rings. The van der Waals surface area contributed by atoms with E-state index in [1.807, 2.05) is 54.6 Å². The first-order valence-corrected chi connectivity index (χ1v) is 16.7. The summed E-state index contributed by atoms with van der Waals surface area (Å²) in [6.45, 7) is -0.438. The lowest BCUT2D eigenvalue weighted by atomic mass is 10.0. The summed E-state index contributed by atoms with van der Waals surface area (Å²) in [5.41, 5.74) is 1.81. The largest absolute Gasteiger partial charge is 0.352 e. The molecule has 218 valence electrons. The summed E-state index contributed by atoms with van der Waals surface area (Å²) in [7, 11) is -3.93. The molecule has 0 aromatic heterocycles. The van der Waals surface area contributed by atoms with Gasteiger partial charge < -0.3 is 10.2 Å². The maximum Gasteiger partial charge on any atom is 0.244 e. The summed E-state index contributed by atoms with van der Waals surface area (Å²) in [6.07, 6.45) is 5.14. The Hall–Kier alpha value is -2.59. The highest BCUT2D eigenvalue weighted by molar-refractivity contribution is 9.10. The number of carbonyl (C=O) groups is 2. The predicted molar refractivity (Wildman–Crippen MR) is 168 cm³/mol. The number of halogens is 3. The fraction of sp³-hybridized carbons (Fsp3) is 0.333. The summed E-state index contributed by atoms with van der Waals surface area (Å²) in [5, 5.41) is 3.58. The molecule has 1 aliphatic rings. The van der Waals surface area contributed by atoms with Crippen LogP contribution >= 0.6 is 39.1 Å². The Labute approximate surface area is 260 Å². The molecular weight excluding hydrogens is 649 g/mol. The van der Waals surface area contributed by atoms with Gasteiger partial charge in [0.25, 0.3) is 0 Å². The minimum absolute atomic E-state index is 0.0470. The molecule has 3 aromatic carbocycles. The van der Waals surface area contributed by atoms with E-state index in [2.05, 4.69) is 21.2 Å². The van der Waals surface area contributed by atoms with E-state index >= 15 is 0 Å². The predicted octanol–water partition coefficient (Wildman–Crippen LogP) is 6.22. The molecule has 0 aliphatic heterocycles. The molecule has 41 heavy (non-hydrogen) atoms. The van der Waals surface area contributed by atoms with Crippen molar-refractivity contribution in [2.75, 3.05) is 17.1 Å². The van der Waals surface area contributed by atoms with Gasteiger partial charge in [-0.05, 0) is 54.3 Å². The van der Waals surface area contributed by atoms with E-state index in [4.69, 9.17) is 23.2 Å². The number of hydrogen-bond acceptors (Lipinski definition) is 4. The molecule has 1 atom stereocenters. The van der Waals surface area contributed by atoms with Crippen LogP contribution in [0.25, 0.3) is 0 Å². The zero-order valence-electron chi connectivity index (χ0n) is 22.6. The Bertz CT molecular complexity index is 1470. The molecule has 0 spiro atoms. The first-order chi connectivity index (χ1) is 19.5. The van der Waals surface area contributed by atoms with Gasteiger partial charge in [-0.1, -0.05) is 94.4 Å². The van der Waals surface area contributed by atoms with Crippen LogP contribution in [0.4, 0.5) is 5.69 Å². The van der Waals surface area contributed by atoms with Gasteiger partial charge in [-0.2, -0.15) is 0 Å².